The fourth-order valence-corrected chi connectivity index (χ4v) is 3.18. The second-order valence-corrected chi connectivity index (χ2v) is 7.65. The van der Waals surface area contributed by atoms with Crippen molar-refractivity contribution in [1.82, 2.24) is 15.6 Å². The summed E-state index contributed by atoms with van der Waals surface area (Å²) in [4.78, 5) is 15.7. The van der Waals surface area contributed by atoms with E-state index in [9.17, 15) is 36.2 Å². The Morgan fingerprint density at radius 2 is 1.71 bits per heavy atom. The summed E-state index contributed by atoms with van der Waals surface area (Å²) in [6.07, 6.45) is -9.96. The van der Waals surface area contributed by atoms with Gasteiger partial charge in [-0.25, -0.2) is 18.2 Å². The van der Waals surface area contributed by atoms with E-state index in [1.807, 2.05) is 10.6 Å². The summed E-state index contributed by atoms with van der Waals surface area (Å²) in [5, 5.41) is 12.4. The van der Waals surface area contributed by atoms with Crippen LogP contribution in [0.2, 0.25) is 0 Å². The Kier molecular flexibility index (Phi) is 7.33. The first-order chi connectivity index (χ1) is 14.2. The molecule has 1 amide bonds. The maximum atomic E-state index is 15.0. The molecule has 0 fully saturated rings. The molecule has 5 nitrogen and oxygen atoms in total. The molecular formula is C18H14BrF6N3O2S. The number of halogens is 7. The van der Waals surface area contributed by atoms with Crippen LogP contribution in [-0.4, -0.2) is 39.3 Å². The van der Waals surface area contributed by atoms with Gasteiger partial charge in [0, 0.05) is 5.56 Å². The number of hydrogen-bond donors (Lipinski definition) is 3. The predicted octanol–water partition coefficient (Wildman–Crippen LogP) is 4.06. The van der Waals surface area contributed by atoms with Gasteiger partial charge in [0.15, 0.2) is 5.11 Å². The van der Waals surface area contributed by atoms with Gasteiger partial charge in [-0.15, -0.1) is 0 Å². The van der Waals surface area contributed by atoms with Crippen molar-refractivity contribution in [3.8, 4) is 0 Å². The van der Waals surface area contributed by atoms with Crippen molar-refractivity contribution in [1.29, 1.82) is 0 Å². The molecule has 168 valence electrons. The molecule has 0 aliphatic rings. The number of pyridine rings is 1. The van der Waals surface area contributed by atoms with Crippen LogP contribution in [0.15, 0.2) is 47.1 Å². The minimum Gasteiger partial charge on any atom is -0.379 e. The molecule has 0 aliphatic heterocycles. The van der Waals surface area contributed by atoms with E-state index < -0.39 is 46.3 Å². The molecule has 0 saturated carbocycles. The molecule has 31 heavy (non-hydrogen) atoms. The summed E-state index contributed by atoms with van der Waals surface area (Å²) in [5.41, 5.74) is -4.43. The number of hydrogen-bond acceptors (Lipinski definition) is 4. The van der Waals surface area contributed by atoms with Gasteiger partial charge in [-0.3, -0.25) is 10.1 Å². The van der Waals surface area contributed by atoms with Crippen LogP contribution in [0.5, 0.6) is 0 Å². The summed E-state index contributed by atoms with van der Waals surface area (Å²) in [7, 11) is 0. The molecule has 0 saturated heterocycles. The second kappa shape index (κ2) is 9.09. The number of alkyl halides is 5. The number of aliphatic hydroxyl groups excluding tert-OH is 1. The lowest BCUT2D eigenvalue weighted by atomic mass is 9.85. The zero-order chi connectivity index (χ0) is 23.6. The molecule has 13 heteroatoms. The Bertz CT molecular complexity index is 977. The SMILES string of the molecule is CC(NC(=S)NC(=O)c1ccccc1)(c1nc(Br)ccc1F)C(F)(F)C(O)C(F)(F)F. The maximum absolute atomic E-state index is 15.0. The highest BCUT2D eigenvalue weighted by molar-refractivity contribution is 9.10. The largest absolute Gasteiger partial charge is 0.420 e. The maximum Gasteiger partial charge on any atom is 0.420 e. The summed E-state index contributed by atoms with van der Waals surface area (Å²) >= 11 is 7.63. The van der Waals surface area contributed by atoms with E-state index >= 15 is 0 Å². The van der Waals surface area contributed by atoms with Crippen molar-refractivity contribution in [2.24, 2.45) is 0 Å². The lowest BCUT2D eigenvalue weighted by molar-refractivity contribution is -0.288. The number of aliphatic hydroxyl groups is 1. The Hall–Kier alpha value is -2.25. The number of carbonyl (C=O) groups excluding carboxylic acids is 1. The smallest absolute Gasteiger partial charge is 0.379 e. The third-order valence-electron chi connectivity index (χ3n) is 4.23. The van der Waals surface area contributed by atoms with Gasteiger partial charge in [-0.2, -0.15) is 13.2 Å². The lowest BCUT2D eigenvalue weighted by Gasteiger charge is -2.41. The summed E-state index contributed by atoms with van der Waals surface area (Å²) in [6, 6.07) is 9.07. The topological polar surface area (TPSA) is 74.2 Å². The van der Waals surface area contributed by atoms with Crippen LogP contribution in [0.1, 0.15) is 23.0 Å². The standard InChI is InChI=1S/C18H14BrF6N3O2S/c1-16(12-10(20)7-8-11(19)26-12,17(21,22)14(30)18(23,24)25)28-15(31)27-13(29)9-5-3-2-4-6-9/h2-8,14,30H,1H3,(H2,27,28,29,31). The van der Waals surface area contributed by atoms with E-state index in [1.165, 1.54) is 24.3 Å². The Labute approximate surface area is 186 Å². The third kappa shape index (κ3) is 5.33. The fraction of sp³-hybridized carbons (Fsp3) is 0.278. The Morgan fingerprint density at radius 1 is 1.13 bits per heavy atom. The first kappa shape index (κ1) is 25.0. The highest BCUT2D eigenvalue weighted by Crippen LogP contribution is 2.45. The van der Waals surface area contributed by atoms with E-state index in [4.69, 9.17) is 12.2 Å². The van der Waals surface area contributed by atoms with Crippen LogP contribution in [0.3, 0.4) is 0 Å². The van der Waals surface area contributed by atoms with Crippen molar-refractivity contribution in [2.45, 2.75) is 30.7 Å². The Balaban J connectivity index is 2.48. The van der Waals surface area contributed by atoms with Crippen molar-refractivity contribution < 1.29 is 36.2 Å². The molecule has 2 aromatic rings. The number of nitrogens with one attached hydrogen (secondary N) is 2. The molecule has 0 aliphatic carbocycles. The molecule has 1 aromatic carbocycles. The lowest BCUT2D eigenvalue weighted by Crippen LogP contribution is -2.65. The van der Waals surface area contributed by atoms with E-state index in [1.54, 1.807) is 6.07 Å². The molecule has 1 aromatic heterocycles. The van der Waals surface area contributed by atoms with E-state index in [-0.39, 0.29) is 10.2 Å². The van der Waals surface area contributed by atoms with Gasteiger partial charge in [0.25, 0.3) is 5.91 Å². The van der Waals surface area contributed by atoms with E-state index in [0.717, 1.165) is 6.07 Å². The molecule has 0 spiro atoms. The summed E-state index contributed by atoms with van der Waals surface area (Å²) in [5.74, 6) is -7.34. The fourth-order valence-electron chi connectivity index (χ4n) is 2.57. The number of amides is 1. The molecular weight excluding hydrogens is 516 g/mol. The van der Waals surface area contributed by atoms with Crippen molar-refractivity contribution >= 4 is 39.2 Å². The normalized spacial score (nSPS) is 15.0. The number of carbonyl (C=O) groups is 1. The molecule has 2 atom stereocenters. The molecule has 3 N–H and O–H groups in total. The average Bonchev–Trinajstić information content (AvgIpc) is 2.68. The zero-order valence-electron chi connectivity index (χ0n) is 15.5. The number of rotatable bonds is 5. The monoisotopic (exact) mass is 529 g/mol. The van der Waals surface area contributed by atoms with Crippen LogP contribution in [0.4, 0.5) is 26.3 Å². The summed E-state index contributed by atoms with van der Waals surface area (Å²) in [6.45, 7) is 0.473. The van der Waals surface area contributed by atoms with Crippen molar-refractivity contribution in [3.05, 3.63) is 64.1 Å². The minimum atomic E-state index is -5.76. The van der Waals surface area contributed by atoms with Gasteiger partial charge in [0.1, 0.15) is 21.7 Å². The average molecular weight is 530 g/mol. The van der Waals surface area contributed by atoms with Crippen LogP contribution in [-0.2, 0) is 5.54 Å². The van der Waals surface area contributed by atoms with Crippen LogP contribution >= 0.6 is 28.1 Å². The molecule has 0 bridgehead atoms. The highest BCUT2D eigenvalue weighted by atomic mass is 79.9. The van der Waals surface area contributed by atoms with E-state index in [0.29, 0.717) is 13.0 Å². The van der Waals surface area contributed by atoms with Gasteiger partial charge in [-0.05, 0) is 59.3 Å². The zero-order valence-corrected chi connectivity index (χ0v) is 17.9. The van der Waals surface area contributed by atoms with Crippen molar-refractivity contribution in [2.75, 3.05) is 0 Å². The first-order valence-electron chi connectivity index (χ1n) is 8.34. The van der Waals surface area contributed by atoms with Gasteiger partial charge in [0.2, 0.25) is 6.10 Å². The predicted molar refractivity (Wildman–Crippen MR) is 106 cm³/mol. The molecule has 2 rings (SSSR count). The second-order valence-electron chi connectivity index (χ2n) is 6.43. The quantitative estimate of drug-likeness (QED) is 0.309. The van der Waals surface area contributed by atoms with Crippen LogP contribution in [0.25, 0.3) is 0 Å². The van der Waals surface area contributed by atoms with Gasteiger partial charge in [0.05, 0.1) is 0 Å². The molecule has 0 radical (unpaired) electrons. The molecule has 1 heterocycles. The van der Waals surface area contributed by atoms with Crippen LogP contribution < -0.4 is 10.6 Å². The number of nitrogens with zero attached hydrogens (tertiary/aromatic N) is 1. The minimum absolute atomic E-state index is 0.0715. The number of benzene rings is 1. The number of thiocarbonyl (C=S) groups is 1. The Morgan fingerprint density at radius 3 is 2.26 bits per heavy atom. The van der Waals surface area contributed by atoms with Gasteiger partial charge >= 0.3 is 12.1 Å². The molecule has 2 unspecified atom stereocenters. The highest BCUT2D eigenvalue weighted by Gasteiger charge is 2.66. The van der Waals surface area contributed by atoms with Crippen molar-refractivity contribution in [3.63, 3.8) is 0 Å². The van der Waals surface area contributed by atoms with E-state index in [2.05, 4.69) is 20.9 Å². The first-order valence-corrected chi connectivity index (χ1v) is 9.54. The van der Waals surface area contributed by atoms with Crippen LogP contribution in [0, 0.1) is 5.82 Å². The van der Waals surface area contributed by atoms with Gasteiger partial charge < -0.3 is 10.4 Å². The summed E-state index contributed by atoms with van der Waals surface area (Å²) < 4.78 is 83.0. The number of aromatic nitrogens is 1. The third-order valence-corrected chi connectivity index (χ3v) is 4.88. The van der Waals surface area contributed by atoms with Gasteiger partial charge in [-0.1, -0.05) is 18.2 Å².